The van der Waals surface area contributed by atoms with E-state index in [0.29, 0.717) is 11.4 Å². The maximum atomic E-state index is 11.8. The van der Waals surface area contributed by atoms with Gasteiger partial charge >= 0.3 is 5.97 Å². The maximum Gasteiger partial charge on any atom is 0.303 e. The number of para-hydroxylation sites is 2. The van der Waals surface area contributed by atoms with Gasteiger partial charge in [0, 0.05) is 6.42 Å². The van der Waals surface area contributed by atoms with Crippen LogP contribution >= 0.6 is 0 Å². The molecule has 0 unspecified atom stereocenters. The Labute approximate surface area is 125 Å². The first-order valence-electron chi connectivity index (χ1n) is 6.83. The average molecular weight is 315 g/mol. The molecule has 1 aromatic rings. The van der Waals surface area contributed by atoms with Crippen molar-refractivity contribution in [1.29, 1.82) is 0 Å². The third-order valence-electron chi connectivity index (χ3n) is 2.88. The Morgan fingerprint density at radius 2 is 2.00 bits per heavy atom. The summed E-state index contributed by atoms with van der Waals surface area (Å²) in [7, 11) is -3.40. The number of rotatable bonds is 4. The maximum absolute atomic E-state index is 11.8. The van der Waals surface area contributed by atoms with Crippen LogP contribution in [0.1, 0.15) is 26.7 Å². The lowest BCUT2D eigenvalue weighted by Gasteiger charge is -2.34. The first-order valence-corrected chi connectivity index (χ1v) is 8.68. The van der Waals surface area contributed by atoms with E-state index in [-0.39, 0.29) is 19.4 Å². The molecule has 0 saturated carbocycles. The Balaban J connectivity index is 0.00000106. The molecule has 21 heavy (non-hydrogen) atoms. The lowest BCUT2D eigenvalue weighted by atomic mass is 10.1. The Morgan fingerprint density at radius 3 is 2.57 bits per heavy atom. The van der Waals surface area contributed by atoms with E-state index in [9.17, 15) is 13.2 Å². The second kappa shape index (κ2) is 7.31. The quantitative estimate of drug-likeness (QED) is 0.920. The summed E-state index contributed by atoms with van der Waals surface area (Å²) in [5, 5.41) is 8.68. The molecule has 0 fully saturated rings. The third-order valence-corrected chi connectivity index (χ3v) is 4.02. The number of hydrogen-bond donors (Lipinski definition) is 1. The number of hydrogen-bond acceptors (Lipinski definition) is 4. The summed E-state index contributed by atoms with van der Waals surface area (Å²) in [6.07, 6.45) is 0.907. The van der Waals surface area contributed by atoms with Gasteiger partial charge in [-0.2, -0.15) is 0 Å². The van der Waals surface area contributed by atoms with E-state index < -0.39 is 22.1 Å². The molecule has 1 aliphatic rings. The van der Waals surface area contributed by atoms with E-state index in [0.717, 1.165) is 6.26 Å². The molecule has 1 aromatic carbocycles. The van der Waals surface area contributed by atoms with E-state index in [1.807, 2.05) is 13.8 Å². The van der Waals surface area contributed by atoms with Crippen LogP contribution in [0.3, 0.4) is 0 Å². The van der Waals surface area contributed by atoms with Crippen LogP contribution in [-0.2, 0) is 14.8 Å². The molecular formula is C14H21NO5S. The molecule has 118 valence electrons. The summed E-state index contributed by atoms with van der Waals surface area (Å²) in [6, 6.07) is 6.83. The van der Waals surface area contributed by atoms with Gasteiger partial charge in [0.2, 0.25) is 10.0 Å². The zero-order valence-corrected chi connectivity index (χ0v) is 13.3. The Morgan fingerprint density at radius 1 is 1.38 bits per heavy atom. The van der Waals surface area contributed by atoms with Crippen molar-refractivity contribution >= 4 is 21.7 Å². The zero-order valence-electron chi connectivity index (χ0n) is 12.4. The number of fused-ring (bicyclic) bond motifs is 1. The van der Waals surface area contributed by atoms with Gasteiger partial charge in [-0.3, -0.25) is 9.10 Å². The van der Waals surface area contributed by atoms with Crippen molar-refractivity contribution in [2.24, 2.45) is 0 Å². The SMILES string of the molecule is CC.CS(=O)(=O)N1C[C@H](CCC(=O)O)Oc2ccccc21. The van der Waals surface area contributed by atoms with Crippen LogP contribution in [0, 0.1) is 0 Å². The highest BCUT2D eigenvalue weighted by Gasteiger charge is 2.30. The van der Waals surface area contributed by atoms with Crippen molar-refractivity contribution in [3.8, 4) is 5.75 Å². The number of carbonyl (C=O) groups is 1. The van der Waals surface area contributed by atoms with Crippen LogP contribution in [0.4, 0.5) is 5.69 Å². The van der Waals surface area contributed by atoms with Crippen LogP contribution in [0.5, 0.6) is 5.75 Å². The highest BCUT2D eigenvalue weighted by molar-refractivity contribution is 7.92. The average Bonchev–Trinajstić information content (AvgIpc) is 2.45. The predicted molar refractivity (Wildman–Crippen MR) is 81.3 cm³/mol. The second-order valence-electron chi connectivity index (χ2n) is 4.43. The Bertz CT molecular complexity index is 585. The van der Waals surface area contributed by atoms with E-state index in [4.69, 9.17) is 9.84 Å². The van der Waals surface area contributed by atoms with Gasteiger partial charge in [0.25, 0.3) is 0 Å². The number of ether oxygens (including phenoxy) is 1. The van der Waals surface area contributed by atoms with Crippen LogP contribution in [-0.4, -0.2) is 38.4 Å². The normalized spacial score (nSPS) is 17.1. The molecule has 0 bridgehead atoms. The number of carboxylic acid groups (broad SMARTS) is 1. The zero-order chi connectivity index (χ0) is 16.0. The monoisotopic (exact) mass is 315 g/mol. The minimum absolute atomic E-state index is 0.0512. The summed E-state index contributed by atoms with van der Waals surface area (Å²) < 4.78 is 30.5. The van der Waals surface area contributed by atoms with Gasteiger partial charge in [-0.05, 0) is 18.6 Å². The van der Waals surface area contributed by atoms with Gasteiger partial charge < -0.3 is 9.84 Å². The molecule has 1 heterocycles. The van der Waals surface area contributed by atoms with Crippen LogP contribution in [0.25, 0.3) is 0 Å². The molecule has 1 aliphatic heterocycles. The van der Waals surface area contributed by atoms with Crippen molar-refractivity contribution in [1.82, 2.24) is 0 Å². The summed E-state index contributed by atoms with van der Waals surface area (Å²) in [6.45, 7) is 4.14. The van der Waals surface area contributed by atoms with Gasteiger partial charge in [-0.15, -0.1) is 0 Å². The molecule has 7 heteroatoms. The van der Waals surface area contributed by atoms with E-state index in [2.05, 4.69) is 0 Å². The molecule has 2 rings (SSSR count). The molecule has 0 aliphatic carbocycles. The summed E-state index contributed by atoms with van der Waals surface area (Å²) in [5.74, 6) is -0.456. The summed E-state index contributed by atoms with van der Waals surface area (Å²) >= 11 is 0. The van der Waals surface area contributed by atoms with Gasteiger partial charge in [-0.25, -0.2) is 8.42 Å². The molecule has 1 atom stereocenters. The van der Waals surface area contributed by atoms with Crippen molar-refractivity contribution in [3.05, 3.63) is 24.3 Å². The van der Waals surface area contributed by atoms with E-state index >= 15 is 0 Å². The smallest absolute Gasteiger partial charge is 0.303 e. The number of benzene rings is 1. The fraction of sp³-hybridized carbons (Fsp3) is 0.500. The van der Waals surface area contributed by atoms with Crippen molar-refractivity contribution in [2.75, 3.05) is 17.1 Å². The van der Waals surface area contributed by atoms with Crippen LogP contribution in [0.2, 0.25) is 0 Å². The Kier molecular flexibility index (Phi) is 6.02. The first kappa shape index (κ1) is 17.3. The first-order chi connectivity index (χ1) is 9.88. The molecule has 0 spiro atoms. The van der Waals surface area contributed by atoms with Crippen LogP contribution < -0.4 is 9.04 Å². The summed E-state index contributed by atoms with van der Waals surface area (Å²) in [5.41, 5.74) is 0.497. The molecule has 0 amide bonds. The molecule has 0 aromatic heterocycles. The van der Waals surface area contributed by atoms with Crippen molar-refractivity contribution < 1.29 is 23.1 Å². The third kappa shape index (κ3) is 4.63. The van der Waals surface area contributed by atoms with Gasteiger partial charge in [-0.1, -0.05) is 26.0 Å². The fourth-order valence-corrected chi connectivity index (χ4v) is 2.96. The minimum Gasteiger partial charge on any atom is -0.486 e. The highest BCUT2D eigenvalue weighted by Crippen LogP contribution is 2.35. The summed E-state index contributed by atoms with van der Waals surface area (Å²) in [4.78, 5) is 10.6. The predicted octanol–water partition coefficient (Wildman–Crippen LogP) is 2.10. The molecule has 6 nitrogen and oxygen atoms in total. The number of carboxylic acids is 1. The van der Waals surface area contributed by atoms with Crippen LogP contribution in [0.15, 0.2) is 24.3 Å². The minimum atomic E-state index is -3.40. The molecule has 0 radical (unpaired) electrons. The Hall–Kier alpha value is -1.76. The largest absolute Gasteiger partial charge is 0.486 e. The van der Waals surface area contributed by atoms with Crippen molar-refractivity contribution in [3.63, 3.8) is 0 Å². The number of nitrogens with zero attached hydrogens (tertiary/aromatic N) is 1. The second-order valence-corrected chi connectivity index (χ2v) is 6.34. The van der Waals surface area contributed by atoms with E-state index in [1.54, 1.807) is 24.3 Å². The van der Waals surface area contributed by atoms with Gasteiger partial charge in [0.05, 0.1) is 18.5 Å². The number of sulfonamides is 1. The topological polar surface area (TPSA) is 83.9 Å². The number of aliphatic carboxylic acids is 1. The number of anilines is 1. The van der Waals surface area contributed by atoms with Gasteiger partial charge in [0.15, 0.2) is 0 Å². The highest BCUT2D eigenvalue weighted by atomic mass is 32.2. The van der Waals surface area contributed by atoms with Crippen molar-refractivity contribution in [2.45, 2.75) is 32.8 Å². The lowest BCUT2D eigenvalue weighted by Crippen LogP contribution is -2.43. The molecule has 0 saturated heterocycles. The molecule has 1 N–H and O–H groups in total. The standard InChI is InChI=1S/C12H15NO5S.C2H6/c1-19(16,17)13-8-9(6-7-12(14)15)18-11-5-3-2-4-10(11)13;1-2/h2-5,9H,6-8H2,1H3,(H,14,15);1-2H3/t9-;/m0./s1. The van der Waals surface area contributed by atoms with E-state index in [1.165, 1.54) is 4.31 Å². The van der Waals surface area contributed by atoms with Gasteiger partial charge in [0.1, 0.15) is 11.9 Å². The fourth-order valence-electron chi connectivity index (χ4n) is 2.01. The lowest BCUT2D eigenvalue weighted by molar-refractivity contribution is -0.137. The molecular weight excluding hydrogens is 294 g/mol.